The summed E-state index contributed by atoms with van der Waals surface area (Å²) in [6.45, 7) is 6.49. The molecule has 6 nitrogen and oxygen atoms in total. The van der Waals surface area contributed by atoms with Crippen molar-refractivity contribution >= 4 is 17.9 Å². The minimum absolute atomic E-state index is 0.102. The van der Waals surface area contributed by atoms with E-state index in [0.29, 0.717) is 19.3 Å². The molecule has 0 heterocycles. The van der Waals surface area contributed by atoms with Crippen LogP contribution in [0.5, 0.6) is 0 Å². The average molecular weight is 1130 g/mol. The summed E-state index contributed by atoms with van der Waals surface area (Å²) in [5.74, 6) is -0.955. The van der Waals surface area contributed by atoms with E-state index in [2.05, 4.69) is 130 Å². The predicted octanol–water partition coefficient (Wildman–Crippen LogP) is 23.8. The minimum Gasteiger partial charge on any atom is -0.462 e. The molecule has 0 saturated carbocycles. The van der Waals surface area contributed by atoms with E-state index in [-0.39, 0.29) is 37.5 Å². The van der Waals surface area contributed by atoms with Crippen LogP contribution in [0.15, 0.2) is 109 Å². The van der Waals surface area contributed by atoms with E-state index in [1.807, 2.05) is 0 Å². The topological polar surface area (TPSA) is 78.9 Å². The molecule has 0 radical (unpaired) electrons. The Hall–Kier alpha value is -3.93. The summed E-state index contributed by atoms with van der Waals surface area (Å²) in [6, 6.07) is 0. The second-order valence-electron chi connectivity index (χ2n) is 22.7. The third-order valence-corrected chi connectivity index (χ3v) is 14.7. The molecule has 0 saturated heterocycles. The second kappa shape index (κ2) is 68.6. The van der Waals surface area contributed by atoms with Crippen molar-refractivity contribution < 1.29 is 28.6 Å². The van der Waals surface area contributed by atoms with E-state index in [4.69, 9.17) is 14.2 Å². The third-order valence-electron chi connectivity index (χ3n) is 14.7. The van der Waals surface area contributed by atoms with Gasteiger partial charge in [0, 0.05) is 19.3 Å². The summed E-state index contributed by atoms with van der Waals surface area (Å²) in [4.78, 5) is 38.4. The number of carbonyl (C=O) groups excluding carboxylic acids is 3. The van der Waals surface area contributed by atoms with Crippen molar-refractivity contribution in [1.29, 1.82) is 0 Å². The van der Waals surface area contributed by atoms with Crippen molar-refractivity contribution in [3.63, 3.8) is 0 Å². The van der Waals surface area contributed by atoms with Crippen LogP contribution in [0.4, 0.5) is 0 Å². The summed E-state index contributed by atoms with van der Waals surface area (Å²) in [6.07, 6.45) is 94.0. The van der Waals surface area contributed by atoms with Gasteiger partial charge in [-0.25, -0.2) is 0 Å². The molecular formula is C75H128O6. The Balaban J connectivity index is 4.34. The molecule has 0 aromatic rings. The first-order valence-electron chi connectivity index (χ1n) is 34.4. The molecule has 0 aliphatic rings. The van der Waals surface area contributed by atoms with Crippen LogP contribution in [0, 0.1) is 0 Å². The van der Waals surface area contributed by atoms with E-state index >= 15 is 0 Å². The summed E-state index contributed by atoms with van der Waals surface area (Å²) in [7, 11) is 0. The molecule has 0 rings (SSSR count). The Morgan fingerprint density at radius 3 is 0.802 bits per heavy atom. The Bertz CT molecular complexity index is 1620. The molecule has 0 aromatic heterocycles. The standard InChI is InChI=1S/C75H128O6/c1-4-7-10-13-16-19-22-25-28-31-32-33-34-35-36-37-38-39-40-41-42-45-47-50-53-56-59-62-65-68-74(77)80-71-72(81-75(78)69-66-63-60-57-54-51-48-44-30-27-24-21-18-15-12-9-6-3)70-79-73(76)67-64-61-58-55-52-49-46-43-29-26-23-20-17-14-11-8-5-2/h9,12,18,21-22,25-27,29-32,34-35,48,51,57,60,72H,4-8,10-11,13-17,19-20,23-24,28,33,36-47,49-50,52-56,58-59,61-71H2,1-3H3/b12-9-,21-18-,25-22-,29-26-,30-27-,32-31-,35-34-,51-48-,60-57-. The van der Waals surface area contributed by atoms with Gasteiger partial charge in [-0.15, -0.1) is 0 Å². The zero-order valence-corrected chi connectivity index (χ0v) is 53.3. The van der Waals surface area contributed by atoms with Crippen molar-refractivity contribution in [2.24, 2.45) is 0 Å². The van der Waals surface area contributed by atoms with Crippen LogP contribution >= 0.6 is 0 Å². The summed E-state index contributed by atoms with van der Waals surface area (Å²) in [5.41, 5.74) is 0. The Morgan fingerprint density at radius 1 is 0.259 bits per heavy atom. The Labute approximate surface area is 501 Å². The van der Waals surface area contributed by atoms with E-state index < -0.39 is 6.10 Å². The smallest absolute Gasteiger partial charge is 0.306 e. The molecule has 6 heteroatoms. The van der Waals surface area contributed by atoms with Gasteiger partial charge in [0.25, 0.3) is 0 Å². The van der Waals surface area contributed by atoms with Crippen molar-refractivity contribution in [3.8, 4) is 0 Å². The van der Waals surface area contributed by atoms with Gasteiger partial charge in [-0.2, -0.15) is 0 Å². The molecule has 0 aliphatic carbocycles. The zero-order valence-electron chi connectivity index (χ0n) is 53.3. The normalized spacial score (nSPS) is 12.8. The van der Waals surface area contributed by atoms with E-state index in [1.54, 1.807) is 0 Å². The molecular weight excluding hydrogens is 997 g/mol. The number of ether oxygens (including phenoxy) is 3. The summed E-state index contributed by atoms with van der Waals surface area (Å²) < 4.78 is 16.9. The molecule has 0 fully saturated rings. The fourth-order valence-corrected chi connectivity index (χ4v) is 9.60. The highest BCUT2D eigenvalue weighted by atomic mass is 16.6. The van der Waals surface area contributed by atoms with Crippen LogP contribution < -0.4 is 0 Å². The summed E-state index contributed by atoms with van der Waals surface area (Å²) in [5, 5.41) is 0. The number of hydrogen-bond donors (Lipinski definition) is 0. The maximum atomic E-state index is 12.9. The molecule has 0 aromatic carbocycles. The Kier molecular flexibility index (Phi) is 65.2. The largest absolute Gasteiger partial charge is 0.462 e. The van der Waals surface area contributed by atoms with Gasteiger partial charge >= 0.3 is 17.9 Å². The number of unbranched alkanes of at least 4 members (excludes halogenated alkanes) is 33. The molecule has 464 valence electrons. The molecule has 0 N–H and O–H groups in total. The predicted molar refractivity (Wildman–Crippen MR) is 353 cm³/mol. The SMILES string of the molecule is CC/C=C\C/C=C\C/C=C\C/C=C\C/C=C\CCCC(=O)OC(COC(=O)CCCCCCCCC/C=C\CCCCCCCC)COC(=O)CCCCCCCCCCCCCCCC/C=C\C/C=C\C/C=C\CCCCCCC. The van der Waals surface area contributed by atoms with Gasteiger partial charge in [-0.05, 0) is 122 Å². The lowest BCUT2D eigenvalue weighted by Crippen LogP contribution is -2.30. The van der Waals surface area contributed by atoms with Gasteiger partial charge < -0.3 is 14.2 Å². The van der Waals surface area contributed by atoms with Gasteiger partial charge in [-0.3, -0.25) is 14.4 Å². The van der Waals surface area contributed by atoms with Crippen LogP contribution in [-0.4, -0.2) is 37.2 Å². The van der Waals surface area contributed by atoms with E-state index in [0.717, 1.165) is 89.9 Å². The fraction of sp³-hybridized carbons (Fsp3) is 0.720. The second-order valence-corrected chi connectivity index (χ2v) is 22.7. The van der Waals surface area contributed by atoms with E-state index in [1.165, 1.54) is 193 Å². The highest BCUT2D eigenvalue weighted by molar-refractivity contribution is 5.71. The van der Waals surface area contributed by atoms with Gasteiger partial charge in [0.2, 0.25) is 0 Å². The van der Waals surface area contributed by atoms with Gasteiger partial charge in [0.1, 0.15) is 13.2 Å². The molecule has 0 spiro atoms. The quantitative estimate of drug-likeness (QED) is 0.0261. The molecule has 0 bridgehead atoms. The van der Waals surface area contributed by atoms with Gasteiger partial charge in [0.15, 0.2) is 6.10 Å². The van der Waals surface area contributed by atoms with Crippen LogP contribution in [0.3, 0.4) is 0 Å². The molecule has 0 amide bonds. The fourth-order valence-electron chi connectivity index (χ4n) is 9.60. The highest BCUT2D eigenvalue weighted by Crippen LogP contribution is 2.16. The van der Waals surface area contributed by atoms with Crippen LogP contribution in [0.1, 0.15) is 329 Å². The average Bonchev–Trinajstić information content (AvgIpc) is 3.47. The lowest BCUT2D eigenvalue weighted by molar-refractivity contribution is -0.167. The lowest BCUT2D eigenvalue weighted by Gasteiger charge is -2.18. The van der Waals surface area contributed by atoms with Crippen LogP contribution in [0.25, 0.3) is 0 Å². The molecule has 81 heavy (non-hydrogen) atoms. The number of esters is 3. The third kappa shape index (κ3) is 66.8. The maximum Gasteiger partial charge on any atom is 0.306 e. The van der Waals surface area contributed by atoms with Crippen LogP contribution in [-0.2, 0) is 28.6 Å². The minimum atomic E-state index is -0.813. The maximum absolute atomic E-state index is 12.9. The monoisotopic (exact) mass is 1120 g/mol. The number of carbonyl (C=O) groups is 3. The van der Waals surface area contributed by atoms with Crippen molar-refractivity contribution in [3.05, 3.63) is 109 Å². The van der Waals surface area contributed by atoms with Crippen molar-refractivity contribution in [1.82, 2.24) is 0 Å². The molecule has 0 aliphatic heterocycles. The molecule has 1 unspecified atom stereocenters. The first-order chi connectivity index (χ1) is 40.0. The molecule has 1 atom stereocenters. The van der Waals surface area contributed by atoms with Gasteiger partial charge in [0.05, 0.1) is 0 Å². The zero-order chi connectivity index (χ0) is 58.5. The Morgan fingerprint density at radius 2 is 0.494 bits per heavy atom. The van der Waals surface area contributed by atoms with Crippen molar-refractivity contribution in [2.45, 2.75) is 335 Å². The number of rotatable bonds is 62. The van der Waals surface area contributed by atoms with E-state index in [9.17, 15) is 14.4 Å². The first kappa shape index (κ1) is 77.1. The highest BCUT2D eigenvalue weighted by Gasteiger charge is 2.19. The van der Waals surface area contributed by atoms with Crippen molar-refractivity contribution in [2.75, 3.05) is 13.2 Å². The first-order valence-corrected chi connectivity index (χ1v) is 34.4. The van der Waals surface area contributed by atoms with Gasteiger partial charge in [-0.1, -0.05) is 297 Å². The summed E-state index contributed by atoms with van der Waals surface area (Å²) >= 11 is 0. The number of hydrogen-bond acceptors (Lipinski definition) is 6. The number of allylic oxidation sites excluding steroid dienone is 18. The lowest BCUT2D eigenvalue weighted by atomic mass is 10.0. The van der Waals surface area contributed by atoms with Crippen LogP contribution in [0.2, 0.25) is 0 Å².